The molecule has 3 unspecified atom stereocenters. The molecular weight excluding hydrogens is 326 g/mol. The second-order valence-electron chi connectivity index (χ2n) is 8.36. The third-order valence-electron chi connectivity index (χ3n) is 5.04. The van der Waals surface area contributed by atoms with Crippen molar-refractivity contribution < 1.29 is 4.79 Å². The Labute approximate surface area is 156 Å². The molecule has 26 heavy (non-hydrogen) atoms. The minimum Gasteiger partial charge on any atom is -0.348 e. The summed E-state index contributed by atoms with van der Waals surface area (Å²) in [4.78, 5) is 19.5. The van der Waals surface area contributed by atoms with Gasteiger partial charge in [0.15, 0.2) is 5.65 Å². The highest BCUT2D eigenvalue weighted by atomic mass is 16.1. The van der Waals surface area contributed by atoms with Crippen LogP contribution in [0.1, 0.15) is 57.4 Å². The molecule has 3 heterocycles. The number of carbonyl (C=O) groups excluding carboxylic acids is 1. The van der Waals surface area contributed by atoms with Gasteiger partial charge in [-0.15, -0.1) is 0 Å². The van der Waals surface area contributed by atoms with Crippen LogP contribution in [0.25, 0.3) is 11.0 Å². The van der Waals surface area contributed by atoms with E-state index < -0.39 is 0 Å². The molecule has 0 bridgehead atoms. The van der Waals surface area contributed by atoms with E-state index in [1.54, 1.807) is 12.4 Å². The zero-order chi connectivity index (χ0) is 18.8. The van der Waals surface area contributed by atoms with Crippen LogP contribution in [0.4, 0.5) is 0 Å². The van der Waals surface area contributed by atoms with Crippen molar-refractivity contribution >= 4 is 16.9 Å². The molecule has 3 atom stereocenters. The molecule has 2 aromatic rings. The van der Waals surface area contributed by atoms with Crippen LogP contribution in [0.5, 0.6) is 0 Å². The molecule has 0 saturated carbocycles. The highest BCUT2D eigenvalue weighted by Crippen LogP contribution is 2.21. The van der Waals surface area contributed by atoms with Crippen LogP contribution in [0.15, 0.2) is 18.5 Å². The molecule has 1 aliphatic heterocycles. The summed E-state index contributed by atoms with van der Waals surface area (Å²) < 4.78 is 1.87. The van der Waals surface area contributed by atoms with Crippen LogP contribution in [0.2, 0.25) is 0 Å². The predicted molar refractivity (Wildman–Crippen MR) is 104 cm³/mol. The van der Waals surface area contributed by atoms with Gasteiger partial charge in [-0.05, 0) is 45.1 Å². The number of aromatic nitrogens is 3. The van der Waals surface area contributed by atoms with Gasteiger partial charge in [0.05, 0.1) is 11.8 Å². The van der Waals surface area contributed by atoms with Crippen LogP contribution in [-0.4, -0.2) is 51.2 Å². The van der Waals surface area contributed by atoms with Crippen LogP contribution in [0.3, 0.4) is 0 Å². The lowest BCUT2D eigenvalue weighted by atomic mass is 9.92. The molecule has 1 fully saturated rings. The lowest BCUT2D eigenvalue weighted by molar-refractivity contribution is 0.0904. The first kappa shape index (κ1) is 18.8. The molecule has 142 valence electrons. The molecule has 0 radical (unpaired) electrons. The maximum Gasteiger partial charge on any atom is 0.253 e. The number of pyridine rings is 1. The summed E-state index contributed by atoms with van der Waals surface area (Å²) in [7, 11) is 0. The van der Waals surface area contributed by atoms with Crippen molar-refractivity contribution in [2.75, 3.05) is 19.6 Å². The number of hydrogen-bond acceptors (Lipinski definition) is 4. The van der Waals surface area contributed by atoms with E-state index in [0.717, 1.165) is 42.5 Å². The van der Waals surface area contributed by atoms with E-state index in [9.17, 15) is 4.79 Å². The van der Waals surface area contributed by atoms with Crippen LogP contribution >= 0.6 is 0 Å². The van der Waals surface area contributed by atoms with E-state index in [0.29, 0.717) is 5.56 Å². The zero-order valence-corrected chi connectivity index (χ0v) is 16.6. The Bertz CT molecular complexity index is 759. The largest absolute Gasteiger partial charge is 0.348 e. The smallest absolute Gasteiger partial charge is 0.253 e. The average molecular weight is 358 g/mol. The third-order valence-corrected chi connectivity index (χ3v) is 5.04. The number of amides is 1. The molecule has 0 aromatic carbocycles. The fraction of sp³-hybridized carbons (Fsp3) is 0.650. The summed E-state index contributed by atoms with van der Waals surface area (Å²) in [5, 5.41) is 8.38. The number of carbonyl (C=O) groups is 1. The van der Waals surface area contributed by atoms with E-state index in [-0.39, 0.29) is 18.0 Å². The third kappa shape index (κ3) is 4.23. The van der Waals surface area contributed by atoms with Gasteiger partial charge >= 0.3 is 0 Å². The van der Waals surface area contributed by atoms with Gasteiger partial charge in [0, 0.05) is 43.3 Å². The number of likely N-dealkylation sites (tertiary alicyclic amines) is 1. The second kappa shape index (κ2) is 7.74. The highest BCUT2D eigenvalue weighted by molar-refractivity contribution is 5.96. The van der Waals surface area contributed by atoms with Gasteiger partial charge < -0.3 is 10.2 Å². The van der Waals surface area contributed by atoms with Gasteiger partial charge in [-0.3, -0.25) is 4.79 Å². The van der Waals surface area contributed by atoms with E-state index in [1.165, 1.54) is 6.42 Å². The summed E-state index contributed by atoms with van der Waals surface area (Å²) in [5.74, 6) is 1.39. The van der Waals surface area contributed by atoms with E-state index in [2.05, 4.69) is 54.9 Å². The Morgan fingerprint density at radius 3 is 2.58 bits per heavy atom. The topological polar surface area (TPSA) is 63.1 Å². The number of hydrogen-bond donors (Lipinski definition) is 1. The Balaban J connectivity index is 1.63. The molecule has 6 heteroatoms. The molecule has 1 saturated heterocycles. The van der Waals surface area contributed by atoms with Gasteiger partial charge in [-0.1, -0.05) is 13.8 Å². The maximum absolute atomic E-state index is 12.6. The predicted octanol–water partition coefficient (Wildman–Crippen LogP) is 3.11. The quantitative estimate of drug-likeness (QED) is 0.893. The second-order valence-corrected chi connectivity index (χ2v) is 8.36. The van der Waals surface area contributed by atoms with Crippen molar-refractivity contribution in [2.24, 2.45) is 11.8 Å². The molecule has 6 nitrogen and oxygen atoms in total. The summed E-state index contributed by atoms with van der Waals surface area (Å²) in [6, 6.07) is 2.23. The van der Waals surface area contributed by atoms with Crippen LogP contribution in [0, 0.1) is 11.8 Å². The Morgan fingerprint density at radius 1 is 1.23 bits per heavy atom. The van der Waals surface area contributed by atoms with Gasteiger partial charge in [0.2, 0.25) is 0 Å². The first-order valence-corrected chi connectivity index (χ1v) is 9.70. The lowest BCUT2D eigenvalue weighted by Crippen LogP contribution is -2.47. The molecule has 1 N–H and O–H groups in total. The monoisotopic (exact) mass is 357 g/mol. The van der Waals surface area contributed by atoms with Crippen molar-refractivity contribution in [3.63, 3.8) is 0 Å². The summed E-state index contributed by atoms with van der Waals surface area (Å²) >= 11 is 0. The maximum atomic E-state index is 12.6. The zero-order valence-electron chi connectivity index (χ0n) is 16.6. The molecule has 3 rings (SSSR count). The highest BCUT2D eigenvalue weighted by Gasteiger charge is 2.23. The van der Waals surface area contributed by atoms with Crippen molar-refractivity contribution in [1.82, 2.24) is 25.0 Å². The first-order valence-electron chi connectivity index (χ1n) is 9.70. The lowest BCUT2D eigenvalue weighted by Gasteiger charge is -2.36. The molecule has 1 amide bonds. The Kier molecular flexibility index (Phi) is 5.61. The number of nitrogens with one attached hydrogen (secondary N) is 1. The minimum absolute atomic E-state index is 0.0673. The summed E-state index contributed by atoms with van der Waals surface area (Å²) in [5.41, 5.74) is 1.41. The molecule has 2 aromatic heterocycles. The minimum atomic E-state index is -0.0673. The van der Waals surface area contributed by atoms with Gasteiger partial charge in [-0.2, -0.15) is 5.10 Å². The Hall–Kier alpha value is -1.95. The van der Waals surface area contributed by atoms with Crippen molar-refractivity contribution in [2.45, 2.75) is 53.1 Å². The molecule has 0 spiro atoms. The average Bonchev–Trinajstić information content (AvgIpc) is 2.96. The fourth-order valence-electron chi connectivity index (χ4n) is 4.12. The number of fused-ring (bicyclic) bond motifs is 1. The van der Waals surface area contributed by atoms with Gasteiger partial charge in [-0.25, -0.2) is 9.67 Å². The summed E-state index contributed by atoms with van der Waals surface area (Å²) in [6.07, 6.45) is 4.72. The van der Waals surface area contributed by atoms with Crippen molar-refractivity contribution in [1.29, 1.82) is 0 Å². The van der Waals surface area contributed by atoms with Gasteiger partial charge in [0.1, 0.15) is 0 Å². The van der Waals surface area contributed by atoms with E-state index >= 15 is 0 Å². The van der Waals surface area contributed by atoms with Crippen molar-refractivity contribution in [3.8, 4) is 0 Å². The Morgan fingerprint density at radius 2 is 1.92 bits per heavy atom. The molecule has 1 aliphatic rings. The number of nitrogens with zero attached hydrogens (tertiary/aromatic N) is 4. The standard InChI is InChI=1S/C20H31N5O/c1-13(2)25-19-17(9-22-25)7-18(8-21-19)20(26)23-16(5)12-24-10-14(3)6-15(4)11-24/h7-9,13-16H,6,10-12H2,1-5H3,(H,23,26). The first-order chi connectivity index (χ1) is 12.3. The molecule has 0 aliphatic carbocycles. The van der Waals surface area contributed by atoms with E-state index in [4.69, 9.17) is 0 Å². The van der Waals surface area contributed by atoms with Crippen molar-refractivity contribution in [3.05, 3.63) is 24.0 Å². The molecular formula is C20H31N5O. The van der Waals surface area contributed by atoms with Gasteiger partial charge in [0.25, 0.3) is 5.91 Å². The number of rotatable bonds is 5. The normalized spacial score (nSPS) is 22.7. The van der Waals surface area contributed by atoms with Crippen LogP contribution < -0.4 is 5.32 Å². The fourth-order valence-corrected chi connectivity index (χ4v) is 4.12. The number of piperidine rings is 1. The van der Waals surface area contributed by atoms with E-state index in [1.807, 2.05) is 10.7 Å². The van der Waals surface area contributed by atoms with Crippen LogP contribution in [-0.2, 0) is 0 Å². The SMILES string of the molecule is CC1CC(C)CN(CC(C)NC(=O)c2cnc3c(cnn3C(C)C)c2)C1. The summed E-state index contributed by atoms with van der Waals surface area (Å²) in [6.45, 7) is 14.0.